The first-order valence-corrected chi connectivity index (χ1v) is 9.96. The quantitative estimate of drug-likeness (QED) is 0.637. The van der Waals surface area contributed by atoms with Gasteiger partial charge in [-0.3, -0.25) is 10.1 Å². The maximum Gasteiger partial charge on any atom is 0.321 e. The van der Waals surface area contributed by atoms with Gasteiger partial charge in [0.05, 0.1) is 5.25 Å². The van der Waals surface area contributed by atoms with E-state index in [1.165, 1.54) is 31.0 Å². The largest absolute Gasteiger partial charge is 0.332 e. The molecule has 0 aromatic carbocycles. The number of nitrogens with one attached hydrogen (secondary N) is 2. The van der Waals surface area contributed by atoms with Crippen molar-refractivity contribution >= 4 is 23.7 Å². The monoisotopic (exact) mass is 360 g/mol. The SMILES string of the molecule is C[C@@H](Sc1ncccn1)C(=O)NC(=O)NC12CC3CC(CC(C3)C1)C2. The van der Waals surface area contributed by atoms with Gasteiger partial charge >= 0.3 is 6.03 Å². The van der Waals surface area contributed by atoms with Gasteiger partial charge in [0.1, 0.15) is 0 Å². The van der Waals surface area contributed by atoms with E-state index in [0.29, 0.717) is 5.16 Å². The summed E-state index contributed by atoms with van der Waals surface area (Å²) >= 11 is 1.25. The molecule has 6 nitrogen and oxygen atoms in total. The molecule has 4 aliphatic carbocycles. The van der Waals surface area contributed by atoms with Gasteiger partial charge in [-0.25, -0.2) is 14.8 Å². The zero-order valence-electron chi connectivity index (χ0n) is 14.4. The number of carbonyl (C=O) groups is 2. The zero-order valence-corrected chi connectivity index (χ0v) is 15.2. The Balaban J connectivity index is 1.32. The fraction of sp³-hybridized carbons (Fsp3) is 0.667. The molecule has 1 aromatic rings. The molecule has 134 valence electrons. The van der Waals surface area contributed by atoms with E-state index in [-0.39, 0.29) is 17.5 Å². The molecule has 25 heavy (non-hydrogen) atoms. The van der Waals surface area contributed by atoms with Gasteiger partial charge in [-0.15, -0.1) is 0 Å². The maximum atomic E-state index is 12.4. The number of amides is 3. The van der Waals surface area contributed by atoms with Crippen LogP contribution in [0.15, 0.2) is 23.6 Å². The average molecular weight is 360 g/mol. The van der Waals surface area contributed by atoms with Crippen molar-refractivity contribution in [1.82, 2.24) is 20.6 Å². The summed E-state index contributed by atoms with van der Waals surface area (Å²) < 4.78 is 0. The molecule has 1 aromatic heterocycles. The molecule has 0 radical (unpaired) electrons. The number of urea groups is 1. The predicted molar refractivity (Wildman–Crippen MR) is 94.9 cm³/mol. The molecule has 2 N–H and O–H groups in total. The summed E-state index contributed by atoms with van der Waals surface area (Å²) in [7, 11) is 0. The Morgan fingerprint density at radius 2 is 1.68 bits per heavy atom. The van der Waals surface area contributed by atoms with Gasteiger partial charge in [-0.05, 0) is 69.3 Å². The molecule has 4 bridgehead atoms. The van der Waals surface area contributed by atoms with Crippen LogP contribution >= 0.6 is 11.8 Å². The lowest BCUT2D eigenvalue weighted by Crippen LogP contribution is -2.62. The molecule has 7 heteroatoms. The topological polar surface area (TPSA) is 84.0 Å². The Labute approximate surface area is 152 Å². The Bertz CT molecular complexity index is 631. The van der Waals surface area contributed by atoms with Crippen LogP contribution in [0.5, 0.6) is 0 Å². The molecule has 4 fully saturated rings. The first kappa shape index (κ1) is 16.8. The van der Waals surface area contributed by atoms with Crippen molar-refractivity contribution in [3.63, 3.8) is 0 Å². The summed E-state index contributed by atoms with van der Waals surface area (Å²) in [5, 5.41) is 5.78. The molecule has 1 heterocycles. The van der Waals surface area contributed by atoms with Crippen LogP contribution in [0, 0.1) is 17.8 Å². The summed E-state index contributed by atoms with van der Waals surface area (Å²) in [5.74, 6) is 1.96. The Hall–Kier alpha value is -1.63. The van der Waals surface area contributed by atoms with Gasteiger partial charge in [-0.2, -0.15) is 0 Å². The van der Waals surface area contributed by atoms with Crippen molar-refractivity contribution in [2.45, 2.75) is 61.4 Å². The van der Waals surface area contributed by atoms with Gasteiger partial charge in [0.25, 0.3) is 0 Å². The minimum Gasteiger partial charge on any atom is -0.332 e. The normalized spacial score (nSPS) is 33.7. The van der Waals surface area contributed by atoms with Crippen molar-refractivity contribution in [3.05, 3.63) is 18.5 Å². The van der Waals surface area contributed by atoms with E-state index in [4.69, 9.17) is 0 Å². The third-order valence-corrected chi connectivity index (χ3v) is 6.84. The lowest BCUT2D eigenvalue weighted by molar-refractivity contribution is -0.119. The second-order valence-electron chi connectivity index (χ2n) is 7.93. The summed E-state index contributed by atoms with van der Waals surface area (Å²) in [4.78, 5) is 32.9. The Kier molecular flexibility index (Phi) is 4.43. The van der Waals surface area contributed by atoms with E-state index in [1.54, 1.807) is 25.4 Å². The number of carbonyl (C=O) groups excluding carboxylic acids is 2. The van der Waals surface area contributed by atoms with Crippen molar-refractivity contribution in [3.8, 4) is 0 Å². The number of nitrogens with zero attached hydrogens (tertiary/aromatic N) is 2. The number of imide groups is 1. The molecule has 0 unspecified atom stereocenters. The van der Waals surface area contributed by atoms with Crippen molar-refractivity contribution in [1.29, 1.82) is 0 Å². The first-order chi connectivity index (χ1) is 12.0. The second kappa shape index (κ2) is 6.59. The molecule has 1 atom stereocenters. The van der Waals surface area contributed by atoms with Crippen LogP contribution in [-0.2, 0) is 4.79 Å². The van der Waals surface area contributed by atoms with Crippen LogP contribution in [0.1, 0.15) is 45.4 Å². The van der Waals surface area contributed by atoms with Gasteiger partial charge in [0.2, 0.25) is 5.91 Å². The van der Waals surface area contributed by atoms with Gasteiger partial charge < -0.3 is 5.32 Å². The molecule has 0 saturated heterocycles. The number of rotatable bonds is 4. The molecule has 0 aliphatic heterocycles. The van der Waals surface area contributed by atoms with Gasteiger partial charge in [0, 0.05) is 17.9 Å². The van der Waals surface area contributed by atoms with E-state index in [2.05, 4.69) is 20.6 Å². The highest BCUT2D eigenvalue weighted by Gasteiger charge is 2.51. The number of aromatic nitrogens is 2. The molecule has 4 saturated carbocycles. The zero-order chi connectivity index (χ0) is 17.4. The van der Waals surface area contributed by atoms with Gasteiger partial charge in [0.15, 0.2) is 5.16 Å². The molecular weight excluding hydrogens is 336 g/mol. The minimum atomic E-state index is -0.426. The van der Waals surface area contributed by atoms with Crippen LogP contribution in [0.25, 0.3) is 0 Å². The highest BCUT2D eigenvalue weighted by Crippen LogP contribution is 2.55. The van der Waals surface area contributed by atoms with E-state index in [1.807, 2.05) is 0 Å². The van der Waals surface area contributed by atoms with Crippen molar-refractivity contribution in [2.24, 2.45) is 17.8 Å². The summed E-state index contributed by atoms with van der Waals surface area (Å²) in [6, 6.07) is 1.38. The molecular formula is C18H24N4O2S. The maximum absolute atomic E-state index is 12.4. The molecule has 4 aliphatic rings. The van der Waals surface area contributed by atoms with Crippen molar-refractivity contribution < 1.29 is 9.59 Å². The number of hydrogen-bond acceptors (Lipinski definition) is 5. The highest BCUT2D eigenvalue weighted by atomic mass is 32.2. The summed E-state index contributed by atoms with van der Waals surface area (Å²) in [5.41, 5.74) is -0.0853. The van der Waals surface area contributed by atoms with Crippen LogP contribution < -0.4 is 10.6 Å². The van der Waals surface area contributed by atoms with Crippen LogP contribution in [-0.4, -0.2) is 32.7 Å². The van der Waals surface area contributed by atoms with E-state index >= 15 is 0 Å². The van der Waals surface area contributed by atoms with Crippen LogP contribution in [0.2, 0.25) is 0 Å². The van der Waals surface area contributed by atoms with Crippen LogP contribution in [0.3, 0.4) is 0 Å². The van der Waals surface area contributed by atoms with Crippen LogP contribution in [0.4, 0.5) is 4.79 Å². The molecule has 5 rings (SSSR count). The second-order valence-corrected chi connectivity index (χ2v) is 9.24. The predicted octanol–water partition coefficient (Wildman–Crippen LogP) is 2.75. The third-order valence-electron chi connectivity index (χ3n) is 5.85. The Morgan fingerprint density at radius 3 is 2.24 bits per heavy atom. The lowest BCUT2D eigenvalue weighted by Gasteiger charge is -2.56. The highest BCUT2D eigenvalue weighted by molar-refractivity contribution is 8.00. The van der Waals surface area contributed by atoms with Gasteiger partial charge in [-0.1, -0.05) is 11.8 Å². The third kappa shape index (κ3) is 3.66. The minimum absolute atomic E-state index is 0.0853. The summed E-state index contributed by atoms with van der Waals surface area (Å²) in [6.45, 7) is 1.76. The molecule has 0 spiro atoms. The first-order valence-electron chi connectivity index (χ1n) is 9.08. The Morgan fingerprint density at radius 1 is 1.12 bits per heavy atom. The standard InChI is InChI=1S/C18H24N4O2S/c1-11(25-17-19-3-2-4-20-17)15(23)21-16(24)22-18-8-12-5-13(9-18)7-14(6-12)10-18/h2-4,11-14H,5-10H2,1H3,(H2,21,22,23,24)/t11-,12?,13?,14?,18?/m1/s1. The van der Waals surface area contributed by atoms with E-state index < -0.39 is 5.25 Å². The van der Waals surface area contributed by atoms with E-state index in [0.717, 1.165) is 37.0 Å². The number of thioether (sulfide) groups is 1. The van der Waals surface area contributed by atoms with E-state index in [9.17, 15) is 9.59 Å². The van der Waals surface area contributed by atoms with Crippen molar-refractivity contribution in [2.75, 3.05) is 0 Å². The smallest absolute Gasteiger partial charge is 0.321 e. The fourth-order valence-corrected chi connectivity index (χ4v) is 6.03. The fourth-order valence-electron chi connectivity index (χ4n) is 5.31. The average Bonchev–Trinajstić information content (AvgIpc) is 2.53. The summed E-state index contributed by atoms with van der Waals surface area (Å²) in [6.07, 6.45) is 10.5. The lowest BCUT2D eigenvalue weighted by atomic mass is 9.53. The number of hydrogen-bond donors (Lipinski definition) is 2. The molecule has 3 amide bonds.